The molecule has 3 rings (SSSR count). The van der Waals surface area contributed by atoms with Gasteiger partial charge in [0.05, 0.1) is 11.4 Å². The predicted molar refractivity (Wildman–Crippen MR) is 68.9 cm³/mol. The van der Waals surface area contributed by atoms with Crippen molar-refractivity contribution in [3.63, 3.8) is 0 Å². The van der Waals surface area contributed by atoms with Crippen molar-refractivity contribution in [2.24, 2.45) is 0 Å². The highest BCUT2D eigenvalue weighted by atomic mass is 19.1. The van der Waals surface area contributed by atoms with Gasteiger partial charge in [-0.25, -0.2) is 8.78 Å². The monoisotopic (exact) mass is 273 g/mol. The van der Waals surface area contributed by atoms with Gasteiger partial charge in [0.15, 0.2) is 5.82 Å². The molecule has 5 nitrogen and oxygen atoms in total. The van der Waals surface area contributed by atoms with Gasteiger partial charge in [-0.2, -0.15) is 4.68 Å². The van der Waals surface area contributed by atoms with Crippen molar-refractivity contribution < 1.29 is 8.78 Å². The van der Waals surface area contributed by atoms with E-state index in [-0.39, 0.29) is 11.5 Å². The molecule has 0 atom stereocenters. The molecule has 0 spiro atoms. The van der Waals surface area contributed by atoms with Gasteiger partial charge >= 0.3 is 0 Å². The number of halogens is 2. The second kappa shape index (κ2) is 4.69. The average Bonchev–Trinajstić information content (AvgIpc) is 2.92. The minimum atomic E-state index is -0.545. The number of nitrogens with two attached hydrogens (primary N) is 1. The van der Waals surface area contributed by atoms with E-state index in [4.69, 9.17) is 5.73 Å². The third kappa shape index (κ3) is 2.09. The van der Waals surface area contributed by atoms with Crippen LogP contribution in [0.2, 0.25) is 0 Å². The Morgan fingerprint density at radius 3 is 2.45 bits per heavy atom. The van der Waals surface area contributed by atoms with Gasteiger partial charge in [0, 0.05) is 5.56 Å². The summed E-state index contributed by atoms with van der Waals surface area (Å²) in [6.45, 7) is 0. The zero-order valence-electron chi connectivity index (χ0n) is 10.2. The number of nitrogen functional groups attached to an aromatic ring is 1. The van der Waals surface area contributed by atoms with Crippen LogP contribution in [-0.2, 0) is 0 Å². The Hall–Kier alpha value is -2.83. The van der Waals surface area contributed by atoms with Crippen LogP contribution in [0.1, 0.15) is 0 Å². The van der Waals surface area contributed by atoms with Crippen LogP contribution >= 0.6 is 0 Å². The fourth-order valence-corrected chi connectivity index (χ4v) is 1.79. The Balaban J connectivity index is 2.10. The van der Waals surface area contributed by atoms with Crippen molar-refractivity contribution in [3.05, 3.63) is 54.1 Å². The summed E-state index contributed by atoms with van der Waals surface area (Å²) in [4.78, 5) is 0. The first-order chi connectivity index (χ1) is 9.65. The third-order valence-corrected chi connectivity index (χ3v) is 2.80. The second-order valence-corrected chi connectivity index (χ2v) is 4.13. The summed E-state index contributed by atoms with van der Waals surface area (Å²) in [5.41, 5.74) is 6.53. The zero-order valence-corrected chi connectivity index (χ0v) is 10.2. The van der Waals surface area contributed by atoms with Crippen LogP contribution in [0.5, 0.6) is 0 Å². The summed E-state index contributed by atoms with van der Waals surface area (Å²) in [5.74, 6) is -0.562. The molecule has 0 aliphatic rings. The first-order valence-corrected chi connectivity index (χ1v) is 5.75. The standard InChI is InChI=1S/C13H9F2N5/c14-9-2-4-10(5-3-9)20-13(17-18-19-20)8-1-6-12(16)11(15)7-8/h1-7H,16H2. The lowest BCUT2D eigenvalue weighted by Gasteiger charge is -2.05. The van der Waals surface area contributed by atoms with Gasteiger partial charge in [0.25, 0.3) is 0 Å². The molecular formula is C13H9F2N5. The Morgan fingerprint density at radius 1 is 1.00 bits per heavy atom. The summed E-state index contributed by atoms with van der Waals surface area (Å²) in [6, 6.07) is 9.96. The average molecular weight is 273 g/mol. The summed E-state index contributed by atoms with van der Waals surface area (Å²) >= 11 is 0. The normalized spacial score (nSPS) is 10.7. The lowest BCUT2D eigenvalue weighted by atomic mass is 10.2. The van der Waals surface area contributed by atoms with E-state index in [0.29, 0.717) is 17.1 Å². The van der Waals surface area contributed by atoms with Crippen molar-refractivity contribution in [2.75, 3.05) is 5.73 Å². The van der Waals surface area contributed by atoms with Crippen molar-refractivity contribution in [2.45, 2.75) is 0 Å². The van der Waals surface area contributed by atoms with E-state index in [1.807, 2.05) is 0 Å². The van der Waals surface area contributed by atoms with E-state index in [2.05, 4.69) is 15.5 Å². The minimum Gasteiger partial charge on any atom is -0.396 e. The molecule has 2 N–H and O–H groups in total. The van der Waals surface area contributed by atoms with Crippen LogP contribution in [0, 0.1) is 11.6 Å². The van der Waals surface area contributed by atoms with Gasteiger partial charge in [-0.3, -0.25) is 0 Å². The van der Waals surface area contributed by atoms with Crippen LogP contribution in [0.4, 0.5) is 14.5 Å². The van der Waals surface area contributed by atoms with E-state index in [0.717, 1.165) is 0 Å². The number of rotatable bonds is 2. The van der Waals surface area contributed by atoms with Crippen LogP contribution in [-0.4, -0.2) is 20.2 Å². The van der Waals surface area contributed by atoms with E-state index >= 15 is 0 Å². The van der Waals surface area contributed by atoms with Crippen molar-refractivity contribution >= 4 is 5.69 Å². The molecule has 0 aliphatic carbocycles. The molecule has 7 heteroatoms. The van der Waals surface area contributed by atoms with Crippen LogP contribution in [0.15, 0.2) is 42.5 Å². The maximum Gasteiger partial charge on any atom is 0.187 e. The number of aromatic nitrogens is 4. The number of benzene rings is 2. The van der Waals surface area contributed by atoms with Gasteiger partial charge in [-0.1, -0.05) is 0 Å². The zero-order chi connectivity index (χ0) is 14.1. The summed E-state index contributed by atoms with van der Waals surface area (Å²) in [5, 5.41) is 11.2. The highest BCUT2D eigenvalue weighted by Crippen LogP contribution is 2.22. The Bertz CT molecular complexity index is 752. The Labute approximate surface area is 112 Å². The molecule has 0 fully saturated rings. The van der Waals surface area contributed by atoms with Crippen molar-refractivity contribution in [1.29, 1.82) is 0 Å². The molecule has 0 saturated heterocycles. The molecule has 0 radical (unpaired) electrons. The lowest BCUT2D eigenvalue weighted by Crippen LogP contribution is -2.00. The number of anilines is 1. The van der Waals surface area contributed by atoms with Crippen LogP contribution in [0.3, 0.4) is 0 Å². The first-order valence-electron chi connectivity index (χ1n) is 5.75. The molecule has 1 heterocycles. The summed E-state index contributed by atoms with van der Waals surface area (Å²) < 4.78 is 27.8. The molecule has 0 unspecified atom stereocenters. The highest BCUT2D eigenvalue weighted by molar-refractivity contribution is 5.60. The topological polar surface area (TPSA) is 69.6 Å². The van der Waals surface area contributed by atoms with Gasteiger partial charge in [-0.05, 0) is 52.9 Å². The number of hydrogen-bond acceptors (Lipinski definition) is 4. The Morgan fingerprint density at radius 2 is 1.75 bits per heavy atom. The molecular weight excluding hydrogens is 264 g/mol. The molecule has 3 aromatic rings. The quantitative estimate of drug-likeness (QED) is 0.727. The molecule has 0 amide bonds. The largest absolute Gasteiger partial charge is 0.396 e. The predicted octanol–water partition coefficient (Wildman–Crippen LogP) is 2.19. The van der Waals surface area contributed by atoms with Gasteiger partial charge in [0.2, 0.25) is 0 Å². The smallest absolute Gasteiger partial charge is 0.187 e. The third-order valence-electron chi connectivity index (χ3n) is 2.80. The minimum absolute atomic E-state index is 0.0505. The maximum atomic E-state index is 13.5. The number of hydrogen-bond donors (Lipinski definition) is 1. The summed E-state index contributed by atoms with van der Waals surface area (Å²) in [6.07, 6.45) is 0. The Kier molecular flexibility index (Phi) is 2.86. The van der Waals surface area contributed by atoms with Crippen LogP contribution in [0.25, 0.3) is 17.1 Å². The van der Waals surface area contributed by atoms with E-state index < -0.39 is 5.82 Å². The van der Waals surface area contributed by atoms with Crippen molar-refractivity contribution in [1.82, 2.24) is 20.2 Å². The van der Waals surface area contributed by atoms with Crippen molar-refractivity contribution in [3.8, 4) is 17.1 Å². The number of nitrogens with zero attached hydrogens (tertiary/aromatic N) is 4. The first kappa shape index (κ1) is 12.2. The molecule has 1 aromatic heterocycles. The molecule has 0 saturated carbocycles. The number of tetrazole rings is 1. The second-order valence-electron chi connectivity index (χ2n) is 4.13. The SMILES string of the molecule is Nc1ccc(-c2nnnn2-c2ccc(F)cc2)cc1F. The van der Waals surface area contributed by atoms with Gasteiger partial charge in [-0.15, -0.1) is 5.10 Å². The molecule has 0 aliphatic heterocycles. The molecule has 0 bridgehead atoms. The van der Waals surface area contributed by atoms with E-state index in [9.17, 15) is 8.78 Å². The molecule has 100 valence electrons. The fourth-order valence-electron chi connectivity index (χ4n) is 1.79. The molecule has 2 aromatic carbocycles. The maximum absolute atomic E-state index is 13.5. The lowest BCUT2D eigenvalue weighted by molar-refractivity contribution is 0.627. The molecule has 20 heavy (non-hydrogen) atoms. The highest BCUT2D eigenvalue weighted by Gasteiger charge is 2.12. The summed E-state index contributed by atoms with van der Waals surface area (Å²) in [7, 11) is 0. The van der Waals surface area contributed by atoms with Gasteiger partial charge < -0.3 is 5.73 Å². The fraction of sp³-hybridized carbons (Fsp3) is 0. The van der Waals surface area contributed by atoms with E-state index in [1.165, 1.54) is 41.1 Å². The van der Waals surface area contributed by atoms with Gasteiger partial charge in [0.1, 0.15) is 11.6 Å². The van der Waals surface area contributed by atoms with E-state index in [1.54, 1.807) is 6.07 Å². The van der Waals surface area contributed by atoms with Crippen LogP contribution < -0.4 is 5.73 Å².